The Morgan fingerprint density at radius 1 is 1.32 bits per heavy atom. The summed E-state index contributed by atoms with van der Waals surface area (Å²) in [7, 11) is 0. The molecule has 3 fully saturated rings. The molecule has 4 N–H and O–H groups in total. The molecule has 2 amide bonds. The van der Waals surface area contributed by atoms with Gasteiger partial charge in [-0.25, -0.2) is 9.18 Å². The molecule has 9 nitrogen and oxygen atoms in total. The van der Waals surface area contributed by atoms with Gasteiger partial charge in [0.05, 0.1) is 24.0 Å². The molecular formula is C23H33FN4O5S. The quantitative estimate of drug-likeness (QED) is 0.419. The summed E-state index contributed by atoms with van der Waals surface area (Å²) >= 11 is 1.41. The zero-order valence-corrected chi connectivity index (χ0v) is 20.5. The molecule has 0 aromatic carbocycles. The molecule has 0 spiro atoms. The predicted octanol–water partition coefficient (Wildman–Crippen LogP) is 0.736. The van der Waals surface area contributed by atoms with Gasteiger partial charge in [0.2, 0.25) is 11.8 Å². The second-order valence-corrected chi connectivity index (χ2v) is 11.5. The first-order valence-electron chi connectivity index (χ1n) is 11.9. The summed E-state index contributed by atoms with van der Waals surface area (Å²) in [6.45, 7) is 5.52. The van der Waals surface area contributed by atoms with Crippen LogP contribution in [-0.2, 0) is 19.2 Å². The van der Waals surface area contributed by atoms with Crippen LogP contribution in [-0.4, -0.2) is 87.7 Å². The van der Waals surface area contributed by atoms with Gasteiger partial charge in [-0.15, -0.1) is 11.8 Å². The van der Waals surface area contributed by atoms with Crippen molar-refractivity contribution in [2.45, 2.75) is 69.5 Å². The molecule has 0 aliphatic carbocycles. The highest BCUT2D eigenvalue weighted by Gasteiger charge is 2.60. The van der Waals surface area contributed by atoms with Crippen molar-refractivity contribution in [3.63, 3.8) is 0 Å². The summed E-state index contributed by atoms with van der Waals surface area (Å²) < 4.78 is 13.4. The van der Waals surface area contributed by atoms with Crippen molar-refractivity contribution in [2.75, 3.05) is 19.8 Å². The Labute approximate surface area is 202 Å². The van der Waals surface area contributed by atoms with E-state index in [1.54, 1.807) is 0 Å². The van der Waals surface area contributed by atoms with E-state index in [1.807, 2.05) is 13.8 Å². The minimum absolute atomic E-state index is 0.00659. The Morgan fingerprint density at radius 3 is 2.65 bits per heavy atom. The van der Waals surface area contributed by atoms with Gasteiger partial charge in [-0.05, 0) is 25.7 Å². The average molecular weight is 497 g/mol. The first kappa shape index (κ1) is 25.1. The van der Waals surface area contributed by atoms with Gasteiger partial charge in [-0.3, -0.25) is 9.59 Å². The standard InChI is InChI=1S/C23H33FN4O5S/c1-10(4-11(2)29)17-18-12(3)20(19(23(32)33)28(18)22(17)31)34-15-6-16(26-8-15)21(30)27-9-13(25)5-14(27)7-24/h10,12-18,26H,4-9,25H2,1-3H3,(H,32,33)/t10-,12+,13-,14-,15-,16-,17+,18+/m0/s1. The summed E-state index contributed by atoms with van der Waals surface area (Å²) in [4.78, 5) is 53.2. The van der Waals surface area contributed by atoms with Gasteiger partial charge in [0, 0.05) is 41.6 Å². The van der Waals surface area contributed by atoms with Crippen molar-refractivity contribution in [3.05, 3.63) is 10.6 Å². The van der Waals surface area contributed by atoms with E-state index >= 15 is 0 Å². The molecule has 3 saturated heterocycles. The van der Waals surface area contributed by atoms with Gasteiger partial charge in [0.1, 0.15) is 18.2 Å². The third kappa shape index (κ3) is 4.26. The highest BCUT2D eigenvalue weighted by Crippen LogP contribution is 2.53. The number of ketones is 1. The number of nitrogens with two attached hydrogens (primary N) is 1. The van der Waals surface area contributed by atoms with E-state index in [9.17, 15) is 28.7 Å². The van der Waals surface area contributed by atoms with Crippen LogP contribution in [0.15, 0.2) is 10.6 Å². The Bertz CT molecular complexity index is 929. The van der Waals surface area contributed by atoms with Crippen LogP contribution in [0.5, 0.6) is 0 Å². The number of carbonyl (C=O) groups is 4. The van der Waals surface area contributed by atoms with Crippen LogP contribution < -0.4 is 11.1 Å². The van der Waals surface area contributed by atoms with Crippen LogP contribution in [0.1, 0.15) is 40.0 Å². The van der Waals surface area contributed by atoms with Crippen LogP contribution in [0.2, 0.25) is 0 Å². The second-order valence-electron chi connectivity index (χ2n) is 10.1. The van der Waals surface area contributed by atoms with Crippen molar-refractivity contribution in [2.24, 2.45) is 23.5 Å². The Balaban J connectivity index is 1.45. The SMILES string of the molecule is CC(=O)C[C@H](C)[C@H]1C(=O)N2C(C(=O)O)=C(S[C@@H]3CN[C@H](C(=O)N4C[C@@H](N)C[C@H]4CF)C3)[C@H](C)[C@H]12. The topological polar surface area (TPSA) is 133 Å². The summed E-state index contributed by atoms with van der Waals surface area (Å²) in [6.07, 6.45) is 1.23. The van der Waals surface area contributed by atoms with Crippen molar-refractivity contribution < 1.29 is 28.7 Å². The van der Waals surface area contributed by atoms with Gasteiger partial charge >= 0.3 is 5.97 Å². The van der Waals surface area contributed by atoms with Crippen LogP contribution in [0.4, 0.5) is 4.39 Å². The summed E-state index contributed by atoms with van der Waals surface area (Å²) in [5.74, 6) is -2.24. The number of Topliss-reactive ketones (excluding diaryl/α,β-unsaturated/α-hetero) is 1. The largest absolute Gasteiger partial charge is 0.477 e. The third-order valence-electron chi connectivity index (χ3n) is 7.60. The molecule has 4 aliphatic heterocycles. The zero-order chi connectivity index (χ0) is 24.9. The van der Waals surface area contributed by atoms with E-state index in [-0.39, 0.29) is 64.8 Å². The zero-order valence-electron chi connectivity index (χ0n) is 19.7. The van der Waals surface area contributed by atoms with E-state index in [4.69, 9.17) is 5.73 Å². The number of β-lactam (4-membered cyclic amide) rings is 1. The average Bonchev–Trinajstić information content (AvgIpc) is 3.43. The van der Waals surface area contributed by atoms with Gasteiger partial charge in [0.15, 0.2) is 0 Å². The van der Waals surface area contributed by atoms with Crippen molar-refractivity contribution in [1.82, 2.24) is 15.1 Å². The Hall–Kier alpha value is -1.98. The molecule has 8 atom stereocenters. The molecule has 188 valence electrons. The van der Waals surface area contributed by atoms with Crippen molar-refractivity contribution in [1.29, 1.82) is 0 Å². The molecule has 34 heavy (non-hydrogen) atoms. The fraction of sp³-hybridized carbons (Fsp3) is 0.739. The number of carboxylic acids is 1. The van der Waals surface area contributed by atoms with Crippen LogP contribution in [0.25, 0.3) is 0 Å². The van der Waals surface area contributed by atoms with E-state index in [2.05, 4.69) is 5.32 Å². The summed E-state index contributed by atoms with van der Waals surface area (Å²) in [5, 5.41) is 13.1. The first-order chi connectivity index (χ1) is 16.0. The van der Waals surface area contributed by atoms with Crippen LogP contribution in [0, 0.1) is 17.8 Å². The lowest BCUT2D eigenvalue weighted by molar-refractivity contribution is -0.160. The molecule has 4 heterocycles. The molecular weight excluding hydrogens is 463 g/mol. The molecule has 4 aliphatic rings. The normalized spacial score (nSPS) is 36.0. The molecule has 11 heteroatoms. The van der Waals surface area contributed by atoms with Gasteiger partial charge in [-0.2, -0.15) is 0 Å². The number of rotatable bonds is 8. The number of halogens is 1. The number of fused-ring (bicyclic) bond motifs is 1. The number of nitrogens with zero attached hydrogens (tertiary/aromatic N) is 2. The maximum Gasteiger partial charge on any atom is 0.353 e. The molecule has 0 bridgehead atoms. The lowest BCUT2D eigenvalue weighted by Crippen LogP contribution is -2.62. The number of hydrogen-bond donors (Lipinski definition) is 3. The summed E-state index contributed by atoms with van der Waals surface area (Å²) in [5.41, 5.74) is 5.95. The number of nitrogens with one attached hydrogen (secondary N) is 1. The minimum Gasteiger partial charge on any atom is -0.477 e. The number of thioether (sulfide) groups is 1. The van der Waals surface area contributed by atoms with Crippen LogP contribution in [0.3, 0.4) is 0 Å². The number of amides is 2. The number of aliphatic carboxylic acids is 1. The number of carbonyl (C=O) groups excluding carboxylic acids is 3. The maximum absolute atomic E-state index is 13.4. The monoisotopic (exact) mass is 496 g/mol. The van der Waals surface area contributed by atoms with Gasteiger partial charge in [0.25, 0.3) is 0 Å². The molecule has 0 saturated carbocycles. The molecule has 4 rings (SSSR count). The van der Waals surface area contributed by atoms with E-state index < -0.39 is 24.7 Å². The molecule has 0 aromatic rings. The lowest BCUT2D eigenvalue weighted by atomic mass is 9.73. The first-order valence-corrected chi connectivity index (χ1v) is 12.7. The highest BCUT2D eigenvalue weighted by molar-refractivity contribution is 8.03. The number of alkyl halides is 1. The molecule has 0 unspecified atom stereocenters. The Morgan fingerprint density at radius 2 is 2.03 bits per heavy atom. The maximum atomic E-state index is 13.4. The van der Waals surface area contributed by atoms with Crippen molar-refractivity contribution >= 4 is 35.3 Å². The fourth-order valence-corrected chi connectivity index (χ4v) is 7.56. The van der Waals surface area contributed by atoms with Crippen LogP contribution >= 0.6 is 11.8 Å². The lowest BCUT2D eigenvalue weighted by Gasteiger charge is -2.47. The molecule has 0 radical (unpaired) electrons. The summed E-state index contributed by atoms with van der Waals surface area (Å²) in [6, 6.07) is -1.45. The molecule has 0 aromatic heterocycles. The Kier molecular flexibility index (Phi) is 7.08. The predicted molar refractivity (Wildman–Crippen MR) is 124 cm³/mol. The smallest absolute Gasteiger partial charge is 0.353 e. The van der Waals surface area contributed by atoms with Gasteiger partial charge < -0.3 is 30.8 Å². The number of likely N-dealkylation sites (tertiary alicyclic amines) is 1. The second kappa shape index (κ2) is 9.58. The van der Waals surface area contributed by atoms with Gasteiger partial charge in [-0.1, -0.05) is 13.8 Å². The van der Waals surface area contributed by atoms with E-state index in [0.29, 0.717) is 30.8 Å². The third-order valence-corrected chi connectivity index (χ3v) is 9.12. The minimum atomic E-state index is -1.14. The fourth-order valence-electron chi connectivity index (χ4n) is 6.08. The van der Waals surface area contributed by atoms with E-state index in [1.165, 1.54) is 28.5 Å². The van der Waals surface area contributed by atoms with Crippen molar-refractivity contribution in [3.8, 4) is 0 Å². The number of hydrogen-bond acceptors (Lipinski definition) is 7. The van der Waals surface area contributed by atoms with E-state index in [0.717, 1.165) is 0 Å². The highest BCUT2D eigenvalue weighted by atomic mass is 32.2. The number of carboxylic acid groups (broad SMARTS) is 1.